The van der Waals surface area contributed by atoms with Crippen molar-refractivity contribution in [3.63, 3.8) is 0 Å². The van der Waals surface area contributed by atoms with Gasteiger partial charge in [-0.3, -0.25) is 0 Å². The van der Waals surface area contributed by atoms with Gasteiger partial charge in [-0.25, -0.2) is 9.13 Å². The third kappa shape index (κ3) is 14.8. The number of nitrogens with zero attached hydrogens (tertiary/aromatic N) is 2. The topological polar surface area (TPSA) is 8.81 Å². The van der Waals surface area contributed by atoms with E-state index in [-0.39, 0.29) is 0 Å². The van der Waals surface area contributed by atoms with Crippen molar-refractivity contribution in [2.75, 3.05) is 0 Å². The summed E-state index contributed by atoms with van der Waals surface area (Å²) in [6.45, 7) is 5.70. The van der Waals surface area contributed by atoms with Gasteiger partial charge in [0.1, 0.15) is 12.4 Å². The van der Waals surface area contributed by atoms with E-state index in [9.17, 15) is 0 Å². The molecule has 1 aromatic heterocycles. The van der Waals surface area contributed by atoms with E-state index >= 15 is 0 Å². The molecule has 0 spiro atoms. The second kappa shape index (κ2) is 8.90. The quantitative estimate of drug-likeness (QED) is 0.549. The van der Waals surface area contributed by atoms with Crippen molar-refractivity contribution in [2.45, 2.75) is 33.2 Å². The fourth-order valence-electron chi connectivity index (χ4n) is 1.32. The Morgan fingerprint density at radius 3 is 2.12 bits per heavy atom. The maximum atomic E-state index is 4.95. The van der Waals surface area contributed by atoms with Crippen LogP contribution in [0.2, 0.25) is 0 Å². The van der Waals surface area contributed by atoms with Crippen molar-refractivity contribution in [3.8, 4) is 0 Å². The molecule has 0 aromatic carbocycles. The zero-order valence-corrected chi connectivity index (χ0v) is 14.3. The second-order valence-corrected chi connectivity index (χ2v) is 15.1. The van der Waals surface area contributed by atoms with Crippen LogP contribution in [0.15, 0.2) is 18.7 Å². The van der Waals surface area contributed by atoms with Gasteiger partial charge in [-0.15, -0.1) is 0 Å². The summed E-state index contributed by atoms with van der Waals surface area (Å²) in [6.07, 6.45) is 8.93. The average molecular weight is 365 g/mol. The Hall–Kier alpha value is 0.889. The molecule has 0 bridgehead atoms. The van der Waals surface area contributed by atoms with Gasteiger partial charge < -0.3 is 0 Å². The van der Waals surface area contributed by atoms with Crippen LogP contribution >= 0.6 is 40.4 Å². The van der Waals surface area contributed by atoms with Crippen LogP contribution in [0.1, 0.15) is 26.7 Å². The van der Waals surface area contributed by atoms with Crippen LogP contribution < -0.4 is 4.57 Å². The average Bonchev–Trinajstić information content (AvgIpc) is 2.47. The Bertz CT molecular complexity index is 303. The predicted molar refractivity (Wildman–Crippen MR) is 73.1 cm³/mol. The fraction of sp³-hybridized carbons (Fsp3) is 0.700. The number of halogens is 4. The Morgan fingerprint density at radius 2 is 1.76 bits per heavy atom. The number of hydrogen-bond donors (Lipinski definition) is 0. The summed E-state index contributed by atoms with van der Waals surface area (Å²) < 4.78 is 4.32. The molecule has 7 heteroatoms. The van der Waals surface area contributed by atoms with Crippen LogP contribution in [0.3, 0.4) is 0 Å². The molecule has 104 valence electrons. The summed E-state index contributed by atoms with van der Waals surface area (Å²) in [4.78, 5) is 0. The molecule has 0 fully saturated rings. The summed E-state index contributed by atoms with van der Waals surface area (Å²) in [5.41, 5.74) is 0. The molecule has 0 unspecified atom stereocenters. The molecule has 0 radical (unpaired) electrons. The van der Waals surface area contributed by atoms with Crippen LogP contribution in [0.25, 0.3) is 0 Å². The monoisotopic (exact) mass is 363 g/mol. The molecule has 0 aliphatic carbocycles. The summed E-state index contributed by atoms with van der Waals surface area (Å²) in [7, 11) is 19.2. The van der Waals surface area contributed by atoms with Gasteiger partial charge >= 0.3 is 49.6 Å². The van der Waals surface area contributed by atoms with E-state index in [2.05, 4.69) is 48.8 Å². The molecule has 0 atom stereocenters. The normalized spacial score (nSPS) is 12.2. The van der Waals surface area contributed by atoms with E-state index in [0.717, 1.165) is 12.5 Å². The van der Waals surface area contributed by atoms with Gasteiger partial charge in [0.2, 0.25) is 6.33 Å². The second-order valence-electron chi connectivity index (χ2n) is 4.16. The first-order valence-corrected chi connectivity index (χ1v) is 11.3. The van der Waals surface area contributed by atoms with Gasteiger partial charge in [0.15, 0.2) is 0 Å². The first-order chi connectivity index (χ1) is 7.68. The molecular formula is C10H19Cl4FeN2+. The fourth-order valence-corrected chi connectivity index (χ4v) is 1.32. The molecule has 0 aliphatic heterocycles. The molecule has 1 heterocycles. The first kappa shape index (κ1) is 17.9. The summed E-state index contributed by atoms with van der Waals surface area (Å²) >= 11 is 0. The van der Waals surface area contributed by atoms with E-state index in [0.29, 0.717) is 0 Å². The number of aromatic nitrogens is 2. The minimum atomic E-state index is -2.61. The van der Waals surface area contributed by atoms with E-state index in [1.54, 1.807) is 0 Å². The van der Waals surface area contributed by atoms with Gasteiger partial charge in [0, 0.05) is 0 Å². The molecule has 1 aromatic rings. The van der Waals surface area contributed by atoms with E-state index in [1.807, 2.05) is 0 Å². The number of rotatable bonds is 4. The van der Waals surface area contributed by atoms with Crippen molar-refractivity contribution in [2.24, 2.45) is 13.0 Å². The molecule has 0 aliphatic rings. The zero-order valence-electron chi connectivity index (χ0n) is 10.2. The molecule has 0 saturated carbocycles. The molecule has 1 rings (SSSR count). The van der Waals surface area contributed by atoms with Gasteiger partial charge in [-0.2, -0.15) is 0 Å². The van der Waals surface area contributed by atoms with E-state index < -0.39 is 9.20 Å². The summed E-state index contributed by atoms with van der Waals surface area (Å²) in [5.74, 6) is 0.828. The Morgan fingerprint density at radius 1 is 1.24 bits per heavy atom. The Balaban J connectivity index is 0.000000437. The van der Waals surface area contributed by atoms with Crippen LogP contribution in [0.4, 0.5) is 0 Å². The van der Waals surface area contributed by atoms with Crippen LogP contribution in [0.5, 0.6) is 0 Å². The first-order valence-electron chi connectivity index (χ1n) is 5.23. The van der Waals surface area contributed by atoms with Crippen LogP contribution in [-0.4, -0.2) is 4.57 Å². The zero-order chi connectivity index (χ0) is 13.5. The Labute approximate surface area is 123 Å². The summed E-state index contributed by atoms with van der Waals surface area (Å²) in [6, 6.07) is 0. The molecule has 0 saturated heterocycles. The van der Waals surface area contributed by atoms with Gasteiger partial charge in [0.25, 0.3) is 0 Å². The van der Waals surface area contributed by atoms with Crippen molar-refractivity contribution in [1.29, 1.82) is 0 Å². The minimum absolute atomic E-state index is 0.828. The van der Waals surface area contributed by atoms with Crippen molar-refractivity contribution < 1.29 is 13.8 Å². The van der Waals surface area contributed by atoms with Gasteiger partial charge in [-0.1, -0.05) is 13.8 Å². The number of aryl methyl sites for hydroxylation is 2. The number of hydrogen-bond acceptors (Lipinski definition) is 0. The van der Waals surface area contributed by atoms with Crippen molar-refractivity contribution in [3.05, 3.63) is 18.7 Å². The van der Waals surface area contributed by atoms with Crippen molar-refractivity contribution >= 4 is 40.4 Å². The number of imidazole rings is 1. The molecular weight excluding hydrogens is 346 g/mol. The molecule has 0 amide bonds. The summed E-state index contributed by atoms with van der Waals surface area (Å²) in [5, 5.41) is 0. The molecule has 17 heavy (non-hydrogen) atoms. The van der Waals surface area contributed by atoms with Gasteiger partial charge in [0.05, 0.1) is 13.6 Å². The van der Waals surface area contributed by atoms with E-state index in [4.69, 9.17) is 40.4 Å². The maximum absolute atomic E-state index is 4.95. The standard InChI is InChI=1S/C10H19N2.4ClH.Fe/c1-10(2)5-4-6-12-8-7-11(3)9-12;;;;;/h7-10H,4-6H2,1-3H3;4*1H;/q+1;;;;;+4/p-4. The predicted octanol–water partition coefficient (Wildman–Crippen LogP) is 4.50. The third-order valence-electron chi connectivity index (χ3n) is 2.02. The van der Waals surface area contributed by atoms with E-state index in [1.165, 1.54) is 12.8 Å². The van der Waals surface area contributed by atoms with Gasteiger partial charge in [-0.05, 0) is 18.8 Å². The van der Waals surface area contributed by atoms with Crippen LogP contribution in [-0.2, 0) is 22.8 Å². The molecule has 0 N–H and O–H groups in total. The SMILES string of the molecule is CC(C)CCC[n+]1ccn(C)c1.[Cl][Fe]([Cl])([Cl])[Cl]. The van der Waals surface area contributed by atoms with Crippen molar-refractivity contribution in [1.82, 2.24) is 4.57 Å². The third-order valence-corrected chi connectivity index (χ3v) is 2.02. The Kier molecular flexibility index (Phi) is 9.37. The molecule has 2 nitrogen and oxygen atoms in total. The van der Waals surface area contributed by atoms with Crippen LogP contribution in [0, 0.1) is 5.92 Å².